The first-order valence-corrected chi connectivity index (χ1v) is 4.17. The van der Waals surface area contributed by atoms with Crippen LogP contribution in [0, 0.1) is 0 Å². The third-order valence-corrected chi connectivity index (χ3v) is 1.60. The van der Waals surface area contributed by atoms with E-state index in [0.29, 0.717) is 0 Å². The summed E-state index contributed by atoms with van der Waals surface area (Å²) in [7, 11) is 0. The van der Waals surface area contributed by atoms with Gasteiger partial charge in [-0.25, -0.2) is 0 Å². The molecule has 2 nitrogen and oxygen atoms in total. The average molecular weight is 162 g/mol. The first kappa shape index (κ1) is 8.78. The molecule has 1 aromatic rings. The third-order valence-electron chi connectivity index (χ3n) is 1.60. The maximum atomic E-state index is 4.01. The Hall–Kier alpha value is -1.31. The standard InChI is InChI=1S/C10H14N2/c1-3-6-12-9(2)10-5-4-7-11-8-10/h4-5,7-8,12H,2-3,6H2,1H3. The maximum absolute atomic E-state index is 4.01. The largest absolute Gasteiger partial charge is 0.385 e. The lowest BCUT2D eigenvalue weighted by Crippen LogP contribution is -2.11. The van der Waals surface area contributed by atoms with Crippen molar-refractivity contribution in [3.05, 3.63) is 36.7 Å². The normalized spacial score (nSPS) is 9.42. The monoisotopic (exact) mass is 162 g/mol. The van der Waals surface area contributed by atoms with Gasteiger partial charge in [-0.3, -0.25) is 4.98 Å². The molecule has 0 atom stereocenters. The highest BCUT2D eigenvalue weighted by molar-refractivity contribution is 5.60. The summed E-state index contributed by atoms with van der Waals surface area (Å²) >= 11 is 0. The summed E-state index contributed by atoms with van der Waals surface area (Å²) in [5, 5.41) is 3.21. The van der Waals surface area contributed by atoms with E-state index in [4.69, 9.17) is 0 Å². The second-order valence-corrected chi connectivity index (χ2v) is 2.65. The summed E-state index contributed by atoms with van der Waals surface area (Å²) in [6.07, 6.45) is 4.68. The number of hydrogen-bond donors (Lipinski definition) is 1. The SMILES string of the molecule is C=C(NCCC)c1cccnc1. The molecule has 0 aliphatic carbocycles. The number of pyridine rings is 1. The number of rotatable bonds is 4. The summed E-state index contributed by atoms with van der Waals surface area (Å²) < 4.78 is 0. The van der Waals surface area contributed by atoms with Gasteiger partial charge >= 0.3 is 0 Å². The maximum Gasteiger partial charge on any atom is 0.0360 e. The molecule has 0 aliphatic rings. The molecule has 0 radical (unpaired) electrons. The van der Waals surface area contributed by atoms with Crippen LogP contribution in [-0.2, 0) is 0 Å². The number of nitrogens with one attached hydrogen (secondary N) is 1. The van der Waals surface area contributed by atoms with Gasteiger partial charge in [-0.1, -0.05) is 13.5 Å². The zero-order valence-corrected chi connectivity index (χ0v) is 7.38. The fourth-order valence-corrected chi connectivity index (χ4v) is 0.919. The van der Waals surface area contributed by atoms with Crippen molar-refractivity contribution in [1.29, 1.82) is 0 Å². The minimum atomic E-state index is 0.949. The van der Waals surface area contributed by atoms with Crippen LogP contribution in [0.3, 0.4) is 0 Å². The van der Waals surface area contributed by atoms with Crippen molar-refractivity contribution in [2.24, 2.45) is 0 Å². The van der Waals surface area contributed by atoms with Crippen molar-refractivity contribution >= 4 is 5.70 Å². The first-order valence-electron chi connectivity index (χ1n) is 4.17. The van der Waals surface area contributed by atoms with E-state index in [1.54, 1.807) is 6.20 Å². The van der Waals surface area contributed by atoms with Crippen LogP contribution in [-0.4, -0.2) is 11.5 Å². The lowest BCUT2D eigenvalue weighted by Gasteiger charge is -2.06. The summed E-state index contributed by atoms with van der Waals surface area (Å²) in [6, 6.07) is 3.91. The Kier molecular flexibility index (Phi) is 3.33. The second-order valence-electron chi connectivity index (χ2n) is 2.65. The Morgan fingerprint density at radius 2 is 2.50 bits per heavy atom. The highest BCUT2D eigenvalue weighted by Gasteiger charge is 1.94. The van der Waals surface area contributed by atoms with Crippen LogP contribution in [0.4, 0.5) is 0 Å². The highest BCUT2D eigenvalue weighted by atomic mass is 14.9. The van der Waals surface area contributed by atoms with E-state index in [9.17, 15) is 0 Å². The highest BCUT2D eigenvalue weighted by Crippen LogP contribution is 2.05. The Morgan fingerprint density at radius 1 is 1.67 bits per heavy atom. The average Bonchev–Trinajstić information content (AvgIpc) is 2.15. The van der Waals surface area contributed by atoms with E-state index >= 15 is 0 Å². The van der Waals surface area contributed by atoms with Gasteiger partial charge in [0, 0.05) is 30.2 Å². The van der Waals surface area contributed by atoms with Crippen molar-refractivity contribution in [2.45, 2.75) is 13.3 Å². The van der Waals surface area contributed by atoms with E-state index in [-0.39, 0.29) is 0 Å². The molecule has 1 rings (SSSR count). The van der Waals surface area contributed by atoms with E-state index in [1.807, 2.05) is 18.3 Å². The van der Waals surface area contributed by atoms with Gasteiger partial charge in [0.25, 0.3) is 0 Å². The van der Waals surface area contributed by atoms with Gasteiger partial charge in [0.15, 0.2) is 0 Å². The molecule has 0 saturated heterocycles. The van der Waals surface area contributed by atoms with Gasteiger partial charge in [-0.15, -0.1) is 0 Å². The lowest BCUT2D eigenvalue weighted by molar-refractivity contribution is 0.824. The first-order chi connectivity index (χ1) is 5.84. The molecular weight excluding hydrogens is 148 g/mol. The number of hydrogen-bond acceptors (Lipinski definition) is 2. The van der Waals surface area contributed by atoms with Crippen LogP contribution in [0.1, 0.15) is 18.9 Å². The molecule has 0 unspecified atom stereocenters. The van der Waals surface area contributed by atoms with Gasteiger partial charge in [0.2, 0.25) is 0 Å². The molecule has 1 aromatic heterocycles. The molecule has 0 amide bonds. The summed E-state index contributed by atoms with van der Waals surface area (Å²) in [4.78, 5) is 4.01. The van der Waals surface area contributed by atoms with Crippen molar-refractivity contribution in [1.82, 2.24) is 10.3 Å². The summed E-state index contributed by atoms with van der Waals surface area (Å²) in [5.74, 6) is 0. The van der Waals surface area contributed by atoms with Crippen LogP contribution in [0.15, 0.2) is 31.1 Å². The zero-order valence-electron chi connectivity index (χ0n) is 7.38. The second kappa shape index (κ2) is 4.54. The smallest absolute Gasteiger partial charge is 0.0360 e. The van der Waals surface area contributed by atoms with E-state index in [2.05, 4.69) is 23.8 Å². The molecule has 0 saturated carbocycles. The van der Waals surface area contributed by atoms with E-state index in [0.717, 1.165) is 24.2 Å². The predicted molar refractivity (Wildman–Crippen MR) is 51.6 cm³/mol. The molecule has 1 N–H and O–H groups in total. The Morgan fingerprint density at radius 3 is 3.08 bits per heavy atom. The number of nitrogens with zero attached hydrogens (tertiary/aromatic N) is 1. The summed E-state index contributed by atoms with van der Waals surface area (Å²) in [5.41, 5.74) is 2.01. The van der Waals surface area contributed by atoms with E-state index < -0.39 is 0 Å². The topological polar surface area (TPSA) is 24.9 Å². The fraction of sp³-hybridized carbons (Fsp3) is 0.300. The zero-order chi connectivity index (χ0) is 8.81. The van der Waals surface area contributed by atoms with Crippen LogP contribution in [0.25, 0.3) is 5.70 Å². The van der Waals surface area contributed by atoms with Crippen molar-refractivity contribution in [2.75, 3.05) is 6.54 Å². The minimum Gasteiger partial charge on any atom is -0.385 e. The molecule has 0 aromatic carbocycles. The molecule has 12 heavy (non-hydrogen) atoms. The molecule has 0 spiro atoms. The predicted octanol–water partition coefficient (Wildman–Crippen LogP) is 2.05. The van der Waals surface area contributed by atoms with E-state index in [1.165, 1.54) is 0 Å². The quantitative estimate of drug-likeness (QED) is 0.733. The van der Waals surface area contributed by atoms with Gasteiger partial charge in [0.1, 0.15) is 0 Å². The van der Waals surface area contributed by atoms with Crippen LogP contribution < -0.4 is 5.32 Å². The van der Waals surface area contributed by atoms with Gasteiger partial charge in [0.05, 0.1) is 0 Å². The molecule has 0 bridgehead atoms. The van der Waals surface area contributed by atoms with Crippen molar-refractivity contribution in [3.63, 3.8) is 0 Å². The Balaban J connectivity index is 2.54. The molecule has 0 fully saturated rings. The molecule has 0 aliphatic heterocycles. The minimum absolute atomic E-state index is 0.949. The van der Waals surface area contributed by atoms with Crippen LogP contribution >= 0.6 is 0 Å². The van der Waals surface area contributed by atoms with Gasteiger partial charge in [-0.2, -0.15) is 0 Å². The Labute approximate surface area is 73.3 Å². The van der Waals surface area contributed by atoms with Crippen molar-refractivity contribution in [3.8, 4) is 0 Å². The molecule has 64 valence electrons. The van der Waals surface area contributed by atoms with Gasteiger partial charge < -0.3 is 5.32 Å². The Bertz CT molecular complexity index is 241. The third kappa shape index (κ3) is 2.38. The fourth-order valence-electron chi connectivity index (χ4n) is 0.919. The molecule has 1 heterocycles. The number of aromatic nitrogens is 1. The van der Waals surface area contributed by atoms with Crippen LogP contribution in [0.2, 0.25) is 0 Å². The lowest BCUT2D eigenvalue weighted by atomic mass is 10.2. The van der Waals surface area contributed by atoms with Crippen LogP contribution in [0.5, 0.6) is 0 Å². The van der Waals surface area contributed by atoms with Crippen molar-refractivity contribution < 1.29 is 0 Å². The summed E-state index contributed by atoms with van der Waals surface area (Å²) in [6.45, 7) is 7.01. The molecule has 2 heteroatoms. The molecular formula is C10H14N2. The van der Waals surface area contributed by atoms with Gasteiger partial charge in [-0.05, 0) is 18.6 Å².